The Morgan fingerprint density at radius 1 is 1.23 bits per heavy atom. The Kier molecular flexibility index (Phi) is 5.84. The summed E-state index contributed by atoms with van der Waals surface area (Å²) in [5.41, 5.74) is 1.42. The normalized spacial score (nSPS) is 20.4. The fourth-order valence-corrected chi connectivity index (χ4v) is 4.48. The Labute approximate surface area is 201 Å². The van der Waals surface area contributed by atoms with Gasteiger partial charge in [-0.1, -0.05) is 11.2 Å². The summed E-state index contributed by atoms with van der Waals surface area (Å²) in [6, 6.07) is 10.5. The molecule has 35 heavy (non-hydrogen) atoms. The molecule has 0 spiro atoms. The van der Waals surface area contributed by atoms with Gasteiger partial charge in [0.1, 0.15) is 11.6 Å². The van der Waals surface area contributed by atoms with Gasteiger partial charge < -0.3 is 19.0 Å². The minimum atomic E-state index is -1.65. The quantitative estimate of drug-likeness (QED) is 0.498. The SMILES string of the molecule is CCOC(=O)C1(c2ccc(F)cc2)ON=C2C(=Cc3ccc(-n4cnc(C)c4)c(F)c3)CCCN21. The van der Waals surface area contributed by atoms with Gasteiger partial charge in [0.25, 0.3) is 0 Å². The molecule has 3 aromatic rings. The summed E-state index contributed by atoms with van der Waals surface area (Å²) in [5, 5.41) is 4.25. The molecule has 0 N–H and O–H groups in total. The number of fused-ring (bicyclic) bond motifs is 1. The summed E-state index contributed by atoms with van der Waals surface area (Å²) in [7, 11) is 0. The van der Waals surface area contributed by atoms with Crippen LogP contribution < -0.4 is 0 Å². The van der Waals surface area contributed by atoms with Crippen LogP contribution in [0.2, 0.25) is 0 Å². The van der Waals surface area contributed by atoms with Crippen molar-refractivity contribution in [3.8, 4) is 5.69 Å². The predicted molar refractivity (Wildman–Crippen MR) is 125 cm³/mol. The lowest BCUT2D eigenvalue weighted by atomic mass is 9.94. The first-order chi connectivity index (χ1) is 16.9. The summed E-state index contributed by atoms with van der Waals surface area (Å²) >= 11 is 0. The Morgan fingerprint density at radius 3 is 2.71 bits per heavy atom. The minimum Gasteiger partial charge on any atom is -0.461 e. The van der Waals surface area contributed by atoms with Gasteiger partial charge in [0.05, 0.1) is 24.3 Å². The van der Waals surface area contributed by atoms with Crippen LogP contribution in [0.4, 0.5) is 8.78 Å². The summed E-state index contributed by atoms with van der Waals surface area (Å²) in [4.78, 5) is 24.8. The highest BCUT2D eigenvalue weighted by Gasteiger charge is 2.57. The first kappa shape index (κ1) is 22.8. The van der Waals surface area contributed by atoms with Gasteiger partial charge in [0.15, 0.2) is 5.84 Å². The number of benzene rings is 2. The van der Waals surface area contributed by atoms with Crippen LogP contribution in [0, 0.1) is 18.6 Å². The predicted octanol–water partition coefficient (Wildman–Crippen LogP) is 4.70. The third-order valence-corrected chi connectivity index (χ3v) is 6.11. The zero-order valence-electron chi connectivity index (χ0n) is 19.4. The van der Waals surface area contributed by atoms with Crippen LogP contribution in [0.3, 0.4) is 0 Å². The molecule has 9 heteroatoms. The van der Waals surface area contributed by atoms with Gasteiger partial charge in [-0.2, -0.15) is 0 Å². The highest BCUT2D eigenvalue weighted by atomic mass is 19.1. The summed E-state index contributed by atoms with van der Waals surface area (Å²) in [6.07, 6.45) is 6.55. The molecule has 5 rings (SSSR count). The van der Waals surface area contributed by atoms with E-state index in [9.17, 15) is 13.6 Å². The second kappa shape index (κ2) is 8.98. The van der Waals surface area contributed by atoms with Crippen molar-refractivity contribution in [2.24, 2.45) is 5.16 Å². The first-order valence-electron chi connectivity index (χ1n) is 11.4. The van der Waals surface area contributed by atoms with E-state index in [2.05, 4.69) is 10.1 Å². The van der Waals surface area contributed by atoms with Crippen molar-refractivity contribution >= 4 is 17.9 Å². The van der Waals surface area contributed by atoms with Crippen molar-refractivity contribution in [2.45, 2.75) is 32.4 Å². The van der Waals surface area contributed by atoms with Gasteiger partial charge in [-0.25, -0.2) is 18.6 Å². The van der Waals surface area contributed by atoms with E-state index in [0.717, 1.165) is 11.3 Å². The number of hydrogen-bond acceptors (Lipinski definition) is 6. The lowest BCUT2D eigenvalue weighted by Crippen LogP contribution is -2.54. The molecular weight excluding hydrogens is 454 g/mol. The van der Waals surface area contributed by atoms with E-state index in [4.69, 9.17) is 9.57 Å². The molecule has 1 atom stereocenters. The number of hydrogen-bond donors (Lipinski definition) is 0. The maximum atomic E-state index is 14.9. The number of carbonyl (C=O) groups is 1. The van der Waals surface area contributed by atoms with Crippen molar-refractivity contribution in [1.29, 1.82) is 0 Å². The third-order valence-electron chi connectivity index (χ3n) is 6.11. The van der Waals surface area contributed by atoms with Crippen LogP contribution in [-0.2, 0) is 20.1 Å². The average Bonchev–Trinajstić information content (AvgIpc) is 3.45. The van der Waals surface area contributed by atoms with Crippen LogP contribution in [0.15, 0.2) is 65.7 Å². The average molecular weight is 478 g/mol. The van der Waals surface area contributed by atoms with E-state index in [1.54, 1.807) is 35.0 Å². The number of esters is 1. The molecule has 1 saturated heterocycles. The smallest absolute Gasteiger partial charge is 0.380 e. The number of piperidine rings is 1. The van der Waals surface area contributed by atoms with E-state index >= 15 is 0 Å². The van der Waals surface area contributed by atoms with Crippen LogP contribution in [0.5, 0.6) is 0 Å². The summed E-state index contributed by atoms with van der Waals surface area (Å²) < 4.78 is 35.5. The number of oxime groups is 1. The maximum absolute atomic E-state index is 14.9. The Balaban J connectivity index is 1.49. The van der Waals surface area contributed by atoms with Gasteiger partial charge in [-0.05, 0) is 80.3 Å². The molecule has 2 aliphatic heterocycles. The van der Waals surface area contributed by atoms with Gasteiger partial charge in [0, 0.05) is 18.3 Å². The van der Waals surface area contributed by atoms with E-state index in [-0.39, 0.29) is 12.4 Å². The van der Waals surface area contributed by atoms with E-state index in [1.165, 1.54) is 30.3 Å². The Morgan fingerprint density at radius 2 is 2.03 bits per heavy atom. The number of carbonyl (C=O) groups excluding carboxylic acids is 1. The number of ether oxygens (including phenoxy) is 1. The summed E-state index contributed by atoms with van der Waals surface area (Å²) in [5.74, 6) is -0.968. The highest BCUT2D eigenvalue weighted by molar-refractivity contribution is 6.06. The Bertz CT molecular complexity index is 1330. The molecule has 1 fully saturated rings. The molecule has 2 aromatic carbocycles. The largest absolute Gasteiger partial charge is 0.461 e. The lowest BCUT2D eigenvalue weighted by molar-refractivity contribution is -0.189. The van der Waals surface area contributed by atoms with Crippen LogP contribution in [0.1, 0.15) is 36.6 Å². The highest BCUT2D eigenvalue weighted by Crippen LogP contribution is 2.41. The molecule has 7 nitrogen and oxygen atoms in total. The topological polar surface area (TPSA) is 69.0 Å². The molecule has 2 aliphatic rings. The number of halogens is 2. The fraction of sp³-hybridized carbons (Fsp3) is 0.269. The van der Waals surface area contributed by atoms with Crippen LogP contribution >= 0.6 is 0 Å². The second-order valence-electron chi connectivity index (χ2n) is 8.44. The first-order valence-corrected chi connectivity index (χ1v) is 11.4. The third kappa shape index (κ3) is 3.96. The standard InChI is InChI=1S/C26H24F2N4O3/c1-3-34-25(33)26(20-7-9-21(27)10-8-20)32-12-4-5-19(24(32)30-35-26)13-18-6-11-23(22(28)14-18)31-15-17(2)29-16-31/h6-11,13-16H,3-5,12H2,1-2H3. The molecule has 1 aromatic heterocycles. The number of rotatable bonds is 5. The lowest BCUT2D eigenvalue weighted by Gasteiger charge is -2.37. The van der Waals surface area contributed by atoms with Crippen molar-refractivity contribution in [3.63, 3.8) is 0 Å². The zero-order chi connectivity index (χ0) is 24.6. The number of aryl methyl sites for hydroxylation is 1. The molecule has 180 valence electrons. The molecule has 0 bridgehead atoms. The van der Waals surface area contributed by atoms with Gasteiger partial charge >= 0.3 is 11.7 Å². The molecule has 0 amide bonds. The molecular formula is C26H24F2N4O3. The molecule has 0 aliphatic carbocycles. The molecule has 3 heterocycles. The van der Waals surface area contributed by atoms with E-state index in [1.807, 2.05) is 19.1 Å². The van der Waals surface area contributed by atoms with Gasteiger partial charge in [-0.3, -0.25) is 0 Å². The monoisotopic (exact) mass is 478 g/mol. The fourth-order valence-electron chi connectivity index (χ4n) is 4.48. The molecule has 1 unspecified atom stereocenters. The zero-order valence-corrected chi connectivity index (χ0v) is 19.4. The van der Waals surface area contributed by atoms with Gasteiger partial charge in [-0.15, -0.1) is 0 Å². The number of imidazole rings is 1. The van der Waals surface area contributed by atoms with Crippen molar-refractivity contribution < 1.29 is 23.1 Å². The summed E-state index contributed by atoms with van der Waals surface area (Å²) in [6.45, 7) is 4.19. The molecule has 0 radical (unpaired) electrons. The van der Waals surface area contributed by atoms with Crippen LogP contribution in [-0.4, -0.2) is 39.4 Å². The van der Waals surface area contributed by atoms with Crippen molar-refractivity contribution in [3.05, 3.63) is 89.0 Å². The maximum Gasteiger partial charge on any atom is 0.380 e. The minimum absolute atomic E-state index is 0.152. The van der Waals surface area contributed by atoms with E-state index < -0.39 is 17.5 Å². The Hall–Kier alpha value is -4.01. The van der Waals surface area contributed by atoms with Gasteiger partial charge in [0.2, 0.25) is 0 Å². The number of aromatic nitrogens is 2. The van der Waals surface area contributed by atoms with E-state index in [0.29, 0.717) is 42.0 Å². The molecule has 0 saturated carbocycles. The second-order valence-corrected chi connectivity index (χ2v) is 8.44. The number of amidine groups is 1. The van der Waals surface area contributed by atoms with Crippen LogP contribution in [0.25, 0.3) is 11.8 Å². The number of nitrogens with zero attached hydrogens (tertiary/aromatic N) is 4. The van der Waals surface area contributed by atoms with Crippen molar-refractivity contribution in [1.82, 2.24) is 14.5 Å². The van der Waals surface area contributed by atoms with Crippen molar-refractivity contribution in [2.75, 3.05) is 13.2 Å².